The molecule has 0 atom stereocenters. The molecule has 0 aliphatic heterocycles. The van der Waals surface area contributed by atoms with E-state index >= 15 is 0 Å². The van der Waals surface area contributed by atoms with Crippen LogP contribution in [-0.4, -0.2) is 18.0 Å². The summed E-state index contributed by atoms with van der Waals surface area (Å²) < 4.78 is 0. The fraction of sp³-hybridized carbons (Fsp3) is 0.353. The van der Waals surface area contributed by atoms with Gasteiger partial charge in [0, 0.05) is 12.1 Å². The first-order valence-electron chi connectivity index (χ1n) is 7.16. The van der Waals surface area contributed by atoms with Gasteiger partial charge in [-0.15, -0.1) is 0 Å². The van der Waals surface area contributed by atoms with Crippen molar-refractivity contribution in [3.8, 4) is 0 Å². The van der Waals surface area contributed by atoms with Crippen LogP contribution in [0, 0.1) is 0 Å². The fourth-order valence-corrected chi connectivity index (χ4v) is 2.50. The molecule has 0 heterocycles. The summed E-state index contributed by atoms with van der Waals surface area (Å²) in [5, 5.41) is 5.18. The van der Waals surface area contributed by atoms with Crippen molar-refractivity contribution < 1.29 is 4.79 Å². The molecule has 1 amide bonds. The van der Waals surface area contributed by atoms with Crippen LogP contribution in [0.25, 0.3) is 10.8 Å². The molecule has 106 valence electrons. The lowest BCUT2D eigenvalue weighted by Crippen LogP contribution is -2.52. The van der Waals surface area contributed by atoms with Gasteiger partial charge in [-0.2, -0.15) is 0 Å². The van der Waals surface area contributed by atoms with Gasteiger partial charge in [0.25, 0.3) is 5.91 Å². The number of carbonyl (C=O) groups is 1. The molecule has 0 unspecified atom stereocenters. The Hall–Kier alpha value is -1.87. The van der Waals surface area contributed by atoms with Gasteiger partial charge >= 0.3 is 0 Å². The van der Waals surface area contributed by atoms with E-state index in [1.807, 2.05) is 42.5 Å². The monoisotopic (exact) mass is 270 g/mol. The highest BCUT2D eigenvalue weighted by atomic mass is 16.1. The standard InChI is InChI=1S/C17H22N2O/c1-3-17(4-2,12-18)19-16(20)15-11-7-9-13-8-5-6-10-14(13)15/h5-11H,3-4,12,18H2,1-2H3,(H,19,20). The fourth-order valence-electron chi connectivity index (χ4n) is 2.50. The average molecular weight is 270 g/mol. The normalized spacial score (nSPS) is 11.6. The molecule has 0 aliphatic carbocycles. The van der Waals surface area contributed by atoms with Crippen LogP contribution in [0.15, 0.2) is 42.5 Å². The number of amides is 1. The molecule has 3 N–H and O–H groups in total. The van der Waals surface area contributed by atoms with Crippen LogP contribution in [-0.2, 0) is 0 Å². The zero-order valence-electron chi connectivity index (χ0n) is 12.1. The van der Waals surface area contributed by atoms with Crippen LogP contribution in [0.1, 0.15) is 37.0 Å². The number of hydrogen-bond donors (Lipinski definition) is 2. The summed E-state index contributed by atoms with van der Waals surface area (Å²) >= 11 is 0. The number of nitrogens with one attached hydrogen (secondary N) is 1. The predicted molar refractivity (Wildman–Crippen MR) is 83.8 cm³/mol. The third-order valence-electron chi connectivity index (χ3n) is 4.16. The Bertz CT molecular complexity index is 589. The zero-order chi connectivity index (χ0) is 14.6. The zero-order valence-corrected chi connectivity index (χ0v) is 12.1. The van der Waals surface area contributed by atoms with Gasteiger partial charge < -0.3 is 11.1 Å². The van der Waals surface area contributed by atoms with E-state index in [0.29, 0.717) is 12.1 Å². The Balaban J connectivity index is 2.37. The molecule has 2 aromatic carbocycles. The highest BCUT2D eigenvalue weighted by molar-refractivity contribution is 6.07. The van der Waals surface area contributed by atoms with E-state index in [9.17, 15) is 4.79 Å². The molecule has 0 aromatic heterocycles. The molecule has 0 saturated heterocycles. The Kier molecular flexibility index (Phi) is 4.40. The van der Waals surface area contributed by atoms with Gasteiger partial charge in [-0.05, 0) is 29.7 Å². The Morgan fingerprint density at radius 2 is 1.75 bits per heavy atom. The van der Waals surface area contributed by atoms with E-state index < -0.39 is 0 Å². The van der Waals surface area contributed by atoms with Crippen LogP contribution in [0.2, 0.25) is 0 Å². The summed E-state index contributed by atoms with van der Waals surface area (Å²) in [6.45, 7) is 4.57. The van der Waals surface area contributed by atoms with Crippen molar-refractivity contribution in [2.75, 3.05) is 6.54 Å². The molecule has 20 heavy (non-hydrogen) atoms. The smallest absolute Gasteiger partial charge is 0.252 e. The molecule has 2 rings (SSSR count). The second-order valence-corrected chi connectivity index (χ2v) is 5.17. The molecule has 0 fully saturated rings. The maximum atomic E-state index is 12.6. The third kappa shape index (κ3) is 2.68. The van der Waals surface area contributed by atoms with E-state index in [0.717, 1.165) is 23.6 Å². The van der Waals surface area contributed by atoms with E-state index in [1.54, 1.807) is 0 Å². The number of fused-ring (bicyclic) bond motifs is 1. The van der Waals surface area contributed by atoms with E-state index in [1.165, 1.54) is 0 Å². The van der Waals surface area contributed by atoms with Gasteiger partial charge in [-0.1, -0.05) is 50.2 Å². The molecule has 0 spiro atoms. The molecular weight excluding hydrogens is 248 g/mol. The molecule has 3 nitrogen and oxygen atoms in total. The van der Waals surface area contributed by atoms with Crippen LogP contribution >= 0.6 is 0 Å². The second-order valence-electron chi connectivity index (χ2n) is 5.17. The lowest BCUT2D eigenvalue weighted by Gasteiger charge is -2.31. The quantitative estimate of drug-likeness (QED) is 0.877. The number of rotatable bonds is 5. The third-order valence-corrected chi connectivity index (χ3v) is 4.16. The van der Waals surface area contributed by atoms with Crippen molar-refractivity contribution in [2.45, 2.75) is 32.2 Å². The van der Waals surface area contributed by atoms with Crippen LogP contribution < -0.4 is 11.1 Å². The van der Waals surface area contributed by atoms with E-state index in [2.05, 4.69) is 19.2 Å². The first-order chi connectivity index (χ1) is 9.65. The minimum Gasteiger partial charge on any atom is -0.345 e. The molecular formula is C17H22N2O. The van der Waals surface area contributed by atoms with Gasteiger partial charge in [0.15, 0.2) is 0 Å². The van der Waals surface area contributed by atoms with E-state index in [-0.39, 0.29) is 11.4 Å². The highest BCUT2D eigenvalue weighted by Crippen LogP contribution is 2.20. The summed E-state index contributed by atoms with van der Waals surface area (Å²) in [5.41, 5.74) is 6.25. The van der Waals surface area contributed by atoms with Gasteiger partial charge in [-0.25, -0.2) is 0 Å². The van der Waals surface area contributed by atoms with Crippen molar-refractivity contribution in [2.24, 2.45) is 5.73 Å². The lowest BCUT2D eigenvalue weighted by molar-refractivity contribution is 0.0897. The Morgan fingerprint density at radius 3 is 2.40 bits per heavy atom. The Labute approximate surface area is 120 Å². The molecule has 0 radical (unpaired) electrons. The topological polar surface area (TPSA) is 55.1 Å². The summed E-state index contributed by atoms with van der Waals surface area (Å²) in [5.74, 6) is -0.0454. The van der Waals surface area contributed by atoms with Crippen molar-refractivity contribution in [1.29, 1.82) is 0 Å². The largest absolute Gasteiger partial charge is 0.345 e. The summed E-state index contributed by atoms with van der Waals surface area (Å²) in [7, 11) is 0. The first-order valence-corrected chi connectivity index (χ1v) is 7.16. The predicted octanol–water partition coefficient (Wildman–Crippen LogP) is 3.09. The number of benzene rings is 2. The highest BCUT2D eigenvalue weighted by Gasteiger charge is 2.27. The summed E-state index contributed by atoms with van der Waals surface area (Å²) in [4.78, 5) is 12.6. The molecule has 0 aliphatic rings. The lowest BCUT2D eigenvalue weighted by atomic mass is 9.92. The number of hydrogen-bond acceptors (Lipinski definition) is 2. The van der Waals surface area contributed by atoms with Crippen molar-refractivity contribution >= 4 is 16.7 Å². The molecule has 0 saturated carbocycles. The average Bonchev–Trinajstić information content (AvgIpc) is 2.52. The minimum absolute atomic E-state index is 0.0454. The number of carbonyl (C=O) groups excluding carboxylic acids is 1. The molecule has 2 aromatic rings. The van der Waals surface area contributed by atoms with Gasteiger partial charge in [0.05, 0.1) is 5.54 Å². The van der Waals surface area contributed by atoms with Crippen molar-refractivity contribution in [1.82, 2.24) is 5.32 Å². The SMILES string of the molecule is CCC(CC)(CN)NC(=O)c1cccc2ccccc12. The van der Waals surface area contributed by atoms with Crippen LogP contribution in [0.5, 0.6) is 0 Å². The maximum absolute atomic E-state index is 12.6. The van der Waals surface area contributed by atoms with Crippen molar-refractivity contribution in [3.63, 3.8) is 0 Å². The molecule has 3 heteroatoms. The number of nitrogens with two attached hydrogens (primary N) is 1. The summed E-state index contributed by atoms with van der Waals surface area (Å²) in [6, 6.07) is 13.7. The van der Waals surface area contributed by atoms with Crippen molar-refractivity contribution in [3.05, 3.63) is 48.0 Å². The Morgan fingerprint density at radius 1 is 1.10 bits per heavy atom. The maximum Gasteiger partial charge on any atom is 0.252 e. The summed E-state index contributed by atoms with van der Waals surface area (Å²) in [6.07, 6.45) is 1.66. The minimum atomic E-state index is -0.311. The van der Waals surface area contributed by atoms with Gasteiger partial charge in [-0.3, -0.25) is 4.79 Å². The molecule has 0 bridgehead atoms. The van der Waals surface area contributed by atoms with Crippen LogP contribution in [0.3, 0.4) is 0 Å². The van der Waals surface area contributed by atoms with Crippen LogP contribution in [0.4, 0.5) is 0 Å². The first kappa shape index (κ1) is 14.5. The second kappa shape index (κ2) is 6.06. The van der Waals surface area contributed by atoms with Gasteiger partial charge in [0.2, 0.25) is 0 Å². The van der Waals surface area contributed by atoms with Gasteiger partial charge in [0.1, 0.15) is 0 Å². The van der Waals surface area contributed by atoms with E-state index in [4.69, 9.17) is 5.73 Å².